The van der Waals surface area contributed by atoms with Gasteiger partial charge in [0.05, 0.1) is 23.9 Å². The summed E-state index contributed by atoms with van der Waals surface area (Å²) in [5.41, 5.74) is 6.11. The van der Waals surface area contributed by atoms with Crippen molar-refractivity contribution in [2.45, 2.75) is 48.8 Å². The number of nitrogens with one attached hydrogen (secondary N) is 1. The third-order valence-electron chi connectivity index (χ3n) is 8.38. The molecule has 0 unspecified atom stereocenters. The normalized spacial score (nSPS) is 13.0. The molecule has 6 rings (SSSR count). The minimum Gasteiger partial charge on any atom is -0.497 e. The van der Waals surface area contributed by atoms with Gasteiger partial charge < -0.3 is 14.8 Å². The van der Waals surface area contributed by atoms with Crippen LogP contribution in [-0.2, 0) is 16.6 Å². The van der Waals surface area contributed by atoms with Gasteiger partial charge in [0.1, 0.15) is 16.9 Å². The lowest BCUT2D eigenvalue weighted by Gasteiger charge is -2.31. The molecule has 0 saturated carbocycles. The summed E-state index contributed by atoms with van der Waals surface area (Å²) >= 11 is 3.55. The fourth-order valence-corrected chi connectivity index (χ4v) is 8.41. The molecule has 0 spiro atoms. The van der Waals surface area contributed by atoms with Crippen LogP contribution in [0.15, 0.2) is 95.3 Å². The maximum atomic E-state index is 14.3. The van der Waals surface area contributed by atoms with Crippen LogP contribution in [0.5, 0.6) is 11.5 Å². The molecular formula is C37H38N2O3S2. The van der Waals surface area contributed by atoms with E-state index in [-0.39, 0.29) is 5.91 Å². The van der Waals surface area contributed by atoms with Gasteiger partial charge in [-0.1, -0.05) is 85.3 Å². The molecule has 4 aromatic carbocycles. The minimum absolute atomic E-state index is 0.0960. The van der Waals surface area contributed by atoms with Crippen LogP contribution in [0.25, 0.3) is 21.3 Å². The highest BCUT2D eigenvalue weighted by Gasteiger charge is 2.48. The summed E-state index contributed by atoms with van der Waals surface area (Å²) in [5, 5.41) is 3.33. The zero-order chi connectivity index (χ0) is 30.4. The molecule has 1 N–H and O–H groups in total. The highest BCUT2D eigenvalue weighted by Crippen LogP contribution is 2.51. The standard InChI is InChI=1S/C37H38N2O3S2/c1-3-42-28-19-20-33-34(25-28)44-36(39-33)43-24-10-4-9-22-37(35(40)38-23-21-26-15-17-27(41-2)18-16-26)31-13-7-5-11-29(31)30-12-6-8-14-32(30)37/h5-8,11-20,25H,3-4,9-10,21-24H2,1-2H3,(H,38,40). The second-order valence-electron chi connectivity index (χ2n) is 11.1. The number of unbranched alkanes of at least 4 members (excludes halogenated alkanes) is 2. The van der Waals surface area contributed by atoms with Crippen molar-refractivity contribution >= 4 is 39.2 Å². The maximum absolute atomic E-state index is 14.3. The number of benzene rings is 4. The minimum atomic E-state index is -0.689. The fraction of sp³-hybridized carbons (Fsp3) is 0.297. The number of hydrogen-bond donors (Lipinski definition) is 1. The topological polar surface area (TPSA) is 60.5 Å². The molecule has 0 fully saturated rings. The van der Waals surface area contributed by atoms with Crippen LogP contribution >= 0.6 is 23.1 Å². The molecule has 0 saturated heterocycles. The number of ether oxygens (including phenoxy) is 2. The molecule has 1 aliphatic rings. The molecule has 0 radical (unpaired) electrons. The van der Waals surface area contributed by atoms with E-state index in [0.717, 1.165) is 75.0 Å². The second kappa shape index (κ2) is 13.9. The van der Waals surface area contributed by atoms with Crippen molar-refractivity contribution in [3.63, 3.8) is 0 Å². The molecule has 0 aliphatic heterocycles. The van der Waals surface area contributed by atoms with Crippen molar-refractivity contribution in [1.29, 1.82) is 0 Å². The Kier molecular flexibility index (Phi) is 9.53. The SMILES string of the molecule is CCOc1ccc2nc(SCCCCCC3(C(=O)NCCc4ccc(OC)cc4)c4ccccc4-c4ccccc43)sc2c1. The van der Waals surface area contributed by atoms with E-state index in [9.17, 15) is 4.79 Å². The summed E-state index contributed by atoms with van der Waals surface area (Å²) in [6.45, 7) is 3.25. The smallest absolute Gasteiger partial charge is 0.235 e. The second-order valence-corrected chi connectivity index (χ2v) is 13.4. The number of nitrogens with zero attached hydrogens (tertiary/aromatic N) is 1. The average molecular weight is 623 g/mol. The molecule has 1 aromatic heterocycles. The molecular weight excluding hydrogens is 585 g/mol. The van der Waals surface area contributed by atoms with Gasteiger partial charge in [-0.3, -0.25) is 4.79 Å². The van der Waals surface area contributed by atoms with E-state index in [1.165, 1.54) is 16.7 Å². The number of thiazole rings is 1. The van der Waals surface area contributed by atoms with E-state index in [4.69, 9.17) is 14.5 Å². The zero-order valence-corrected chi connectivity index (χ0v) is 26.9. The van der Waals surface area contributed by atoms with Crippen LogP contribution in [0.3, 0.4) is 0 Å². The van der Waals surface area contributed by atoms with Gasteiger partial charge in [0, 0.05) is 12.3 Å². The highest BCUT2D eigenvalue weighted by molar-refractivity contribution is 8.01. The third-order valence-corrected chi connectivity index (χ3v) is 10.6. The molecule has 1 heterocycles. The first-order valence-corrected chi connectivity index (χ1v) is 17.2. The highest BCUT2D eigenvalue weighted by atomic mass is 32.2. The number of rotatable bonds is 14. The van der Waals surface area contributed by atoms with Gasteiger partial charge in [-0.05, 0) is 84.3 Å². The number of fused-ring (bicyclic) bond motifs is 4. The Balaban J connectivity index is 1.12. The average Bonchev–Trinajstić information content (AvgIpc) is 3.60. The van der Waals surface area contributed by atoms with Crippen molar-refractivity contribution in [2.75, 3.05) is 26.0 Å². The molecule has 5 nitrogen and oxygen atoms in total. The van der Waals surface area contributed by atoms with Crippen molar-refractivity contribution in [3.8, 4) is 22.6 Å². The number of aromatic nitrogens is 1. The van der Waals surface area contributed by atoms with E-state index in [1.807, 2.05) is 43.0 Å². The first-order valence-electron chi connectivity index (χ1n) is 15.4. The van der Waals surface area contributed by atoms with E-state index < -0.39 is 5.41 Å². The van der Waals surface area contributed by atoms with E-state index in [2.05, 4.69) is 72.0 Å². The summed E-state index contributed by atoms with van der Waals surface area (Å²) in [5.74, 6) is 2.84. The van der Waals surface area contributed by atoms with Crippen molar-refractivity contribution in [1.82, 2.24) is 10.3 Å². The van der Waals surface area contributed by atoms with Crippen LogP contribution in [0.2, 0.25) is 0 Å². The van der Waals surface area contributed by atoms with Gasteiger partial charge in [0.2, 0.25) is 5.91 Å². The molecule has 226 valence electrons. The van der Waals surface area contributed by atoms with Crippen LogP contribution < -0.4 is 14.8 Å². The monoisotopic (exact) mass is 622 g/mol. The number of carbonyl (C=O) groups is 1. The Morgan fingerprint density at radius 2 is 1.59 bits per heavy atom. The summed E-state index contributed by atoms with van der Waals surface area (Å²) in [6, 6.07) is 31.1. The Labute approximate surface area is 268 Å². The zero-order valence-electron chi connectivity index (χ0n) is 25.3. The van der Waals surface area contributed by atoms with Gasteiger partial charge >= 0.3 is 0 Å². The summed E-state index contributed by atoms with van der Waals surface area (Å²) in [6.07, 6.45) is 4.64. The lowest BCUT2D eigenvalue weighted by Crippen LogP contribution is -2.45. The summed E-state index contributed by atoms with van der Waals surface area (Å²) < 4.78 is 13.2. The molecule has 7 heteroatoms. The van der Waals surface area contributed by atoms with Crippen LogP contribution in [0.4, 0.5) is 0 Å². The Hall–Kier alpha value is -3.81. The molecule has 1 amide bonds. The maximum Gasteiger partial charge on any atom is 0.235 e. The molecule has 0 atom stereocenters. The van der Waals surface area contributed by atoms with Crippen LogP contribution in [0, 0.1) is 0 Å². The predicted molar refractivity (Wildman–Crippen MR) is 182 cm³/mol. The quantitative estimate of drug-likeness (QED) is 0.0992. The Bertz CT molecular complexity index is 1690. The molecule has 1 aliphatic carbocycles. The van der Waals surface area contributed by atoms with Gasteiger partial charge in [0.15, 0.2) is 4.34 Å². The first kappa shape index (κ1) is 30.2. The van der Waals surface area contributed by atoms with Gasteiger partial charge in [-0.2, -0.15) is 0 Å². The lowest BCUT2D eigenvalue weighted by atomic mass is 9.73. The first-order chi connectivity index (χ1) is 21.6. The van der Waals surface area contributed by atoms with Crippen LogP contribution in [0.1, 0.15) is 49.3 Å². The number of amides is 1. The fourth-order valence-electron chi connectivity index (χ4n) is 6.25. The lowest BCUT2D eigenvalue weighted by molar-refractivity contribution is -0.125. The van der Waals surface area contributed by atoms with Crippen molar-refractivity contribution in [2.24, 2.45) is 0 Å². The van der Waals surface area contributed by atoms with E-state index in [1.54, 1.807) is 18.4 Å². The number of thioether (sulfide) groups is 1. The largest absolute Gasteiger partial charge is 0.497 e. The van der Waals surface area contributed by atoms with Crippen LogP contribution in [-0.4, -0.2) is 36.9 Å². The Morgan fingerprint density at radius 1 is 0.886 bits per heavy atom. The van der Waals surface area contributed by atoms with Crippen molar-refractivity contribution in [3.05, 3.63) is 108 Å². The molecule has 5 aromatic rings. The van der Waals surface area contributed by atoms with E-state index >= 15 is 0 Å². The third kappa shape index (κ3) is 6.21. The summed E-state index contributed by atoms with van der Waals surface area (Å²) in [7, 11) is 1.67. The van der Waals surface area contributed by atoms with Gasteiger partial charge in [0.25, 0.3) is 0 Å². The predicted octanol–water partition coefficient (Wildman–Crippen LogP) is 8.68. The summed E-state index contributed by atoms with van der Waals surface area (Å²) in [4.78, 5) is 19.1. The molecule has 0 bridgehead atoms. The molecule has 44 heavy (non-hydrogen) atoms. The van der Waals surface area contributed by atoms with E-state index in [0.29, 0.717) is 13.2 Å². The van der Waals surface area contributed by atoms with Gasteiger partial charge in [-0.15, -0.1) is 11.3 Å². The number of methoxy groups -OCH3 is 1. The number of hydrogen-bond acceptors (Lipinski definition) is 6. The van der Waals surface area contributed by atoms with Crippen molar-refractivity contribution < 1.29 is 14.3 Å². The number of carbonyl (C=O) groups excluding carboxylic acids is 1. The Morgan fingerprint density at radius 3 is 2.30 bits per heavy atom. The van der Waals surface area contributed by atoms with Gasteiger partial charge in [-0.25, -0.2) is 4.98 Å².